The fourth-order valence-corrected chi connectivity index (χ4v) is 2.50. The van der Waals surface area contributed by atoms with Crippen LogP contribution in [0.3, 0.4) is 0 Å². The summed E-state index contributed by atoms with van der Waals surface area (Å²) in [6, 6.07) is 4.74. The second-order valence-electron chi connectivity index (χ2n) is 7.82. The predicted molar refractivity (Wildman–Crippen MR) is 131 cm³/mol. The number of alkyl carbamates (subject to hydrolysis) is 1. The maximum atomic E-state index is 12.4. The highest BCUT2D eigenvalue weighted by Crippen LogP contribution is 2.32. The number of hydrogen-bond acceptors (Lipinski definition) is 4. The highest BCUT2D eigenvalue weighted by atomic mass is 79.9. The van der Waals surface area contributed by atoms with Crippen molar-refractivity contribution in [2.75, 3.05) is 32.5 Å². The monoisotopic (exact) mass is 554 g/mol. The molecule has 0 spiro atoms. The summed E-state index contributed by atoms with van der Waals surface area (Å²) in [6.45, 7) is 6.67. The van der Waals surface area contributed by atoms with Crippen LogP contribution in [0.25, 0.3) is 0 Å². The lowest BCUT2D eigenvalue weighted by atomic mass is 10.0. The van der Waals surface area contributed by atoms with Gasteiger partial charge in [0.05, 0.1) is 17.2 Å². The summed E-state index contributed by atoms with van der Waals surface area (Å²) >= 11 is 7.83. The second-order valence-corrected chi connectivity index (χ2v) is 8.77. The SMILES string of the molecule is CN(C)C=NC(=S)NCCCNC(=O)OC(C)(C)C.O=C(CBr)c1ccccc1C(F)(F)F. The Balaban J connectivity index is 0.000000647. The zero-order valence-electron chi connectivity index (χ0n) is 19.3. The van der Waals surface area contributed by atoms with Gasteiger partial charge in [0, 0.05) is 32.7 Å². The molecule has 0 aliphatic carbocycles. The van der Waals surface area contributed by atoms with E-state index in [1.165, 1.54) is 18.2 Å². The summed E-state index contributed by atoms with van der Waals surface area (Å²) in [7, 11) is 3.74. The Labute approximate surface area is 206 Å². The van der Waals surface area contributed by atoms with Gasteiger partial charge in [-0.3, -0.25) is 4.79 Å². The molecule has 33 heavy (non-hydrogen) atoms. The van der Waals surface area contributed by atoms with Gasteiger partial charge in [0.1, 0.15) is 5.60 Å². The number of amides is 1. The minimum atomic E-state index is -4.48. The van der Waals surface area contributed by atoms with E-state index in [1.54, 1.807) is 11.2 Å². The maximum Gasteiger partial charge on any atom is 0.417 e. The van der Waals surface area contributed by atoms with E-state index in [-0.39, 0.29) is 10.9 Å². The van der Waals surface area contributed by atoms with Gasteiger partial charge in [-0.1, -0.05) is 34.1 Å². The zero-order valence-corrected chi connectivity index (χ0v) is 21.7. The van der Waals surface area contributed by atoms with E-state index >= 15 is 0 Å². The lowest BCUT2D eigenvalue weighted by molar-refractivity contribution is -0.137. The summed E-state index contributed by atoms with van der Waals surface area (Å²) in [4.78, 5) is 28.3. The fraction of sp³-hybridized carbons (Fsp3) is 0.524. The number of nitrogens with one attached hydrogen (secondary N) is 2. The zero-order chi connectivity index (χ0) is 25.7. The number of benzene rings is 1. The van der Waals surface area contributed by atoms with Crippen LogP contribution in [-0.2, 0) is 10.9 Å². The number of halogens is 4. The Hall–Kier alpha value is -2.21. The summed E-state index contributed by atoms with van der Waals surface area (Å²) in [6.07, 6.45) is -2.50. The van der Waals surface area contributed by atoms with Crippen LogP contribution in [-0.4, -0.2) is 66.3 Å². The molecule has 0 aliphatic heterocycles. The number of thiocarbonyl (C=S) groups is 1. The third-order valence-electron chi connectivity index (χ3n) is 3.36. The van der Waals surface area contributed by atoms with E-state index in [0.29, 0.717) is 18.2 Å². The largest absolute Gasteiger partial charge is 0.444 e. The Kier molecular flexibility index (Phi) is 13.8. The molecule has 1 aromatic carbocycles. The number of Topliss-reactive ketones (excluding diaryl/α,β-unsaturated/α-hetero) is 1. The van der Waals surface area contributed by atoms with Gasteiger partial charge in [-0.2, -0.15) is 13.2 Å². The maximum absolute atomic E-state index is 12.4. The minimum Gasteiger partial charge on any atom is -0.444 e. The average molecular weight is 555 g/mol. The van der Waals surface area contributed by atoms with Crippen molar-refractivity contribution in [3.05, 3.63) is 35.4 Å². The summed E-state index contributed by atoms with van der Waals surface area (Å²) in [5.74, 6) is -0.571. The molecule has 1 amide bonds. The van der Waals surface area contributed by atoms with Crippen LogP contribution >= 0.6 is 28.1 Å². The van der Waals surface area contributed by atoms with Crippen molar-refractivity contribution in [2.24, 2.45) is 4.99 Å². The number of hydrogen-bond donors (Lipinski definition) is 2. The van der Waals surface area contributed by atoms with E-state index in [1.807, 2.05) is 34.9 Å². The Bertz CT molecular complexity index is 813. The Morgan fingerprint density at radius 1 is 1.15 bits per heavy atom. The topological polar surface area (TPSA) is 83.0 Å². The van der Waals surface area contributed by atoms with E-state index < -0.39 is 29.2 Å². The highest BCUT2D eigenvalue weighted by Gasteiger charge is 2.34. The first-order valence-electron chi connectivity index (χ1n) is 9.88. The van der Waals surface area contributed by atoms with Crippen molar-refractivity contribution < 1.29 is 27.5 Å². The second kappa shape index (κ2) is 14.8. The molecule has 7 nitrogen and oxygen atoms in total. The van der Waals surface area contributed by atoms with Crippen LogP contribution in [0.5, 0.6) is 0 Å². The highest BCUT2D eigenvalue weighted by molar-refractivity contribution is 9.09. The quantitative estimate of drug-likeness (QED) is 0.127. The van der Waals surface area contributed by atoms with Gasteiger partial charge < -0.3 is 20.3 Å². The van der Waals surface area contributed by atoms with Gasteiger partial charge in [0.2, 0.25) is 0 Å². The van der Waals surface area contributed by atoms with E-state index in [0.717, 1.165) is 12.5 Å². The molecule has 0 aliphatic rings. The number of aliphatic imine (C=N–C) groups is 1. The molecule has 0 bridgehead atoms. The minimum absolute atomic E-state index is 0.111. The first kappa shape index (κ1) is 30.8. The van der Waals surface area contributed by atoms with Crippen LogP contribution in [0.2, 0.25) is 0 Å². The molecule has 186 valence electrons. The molecule has 2 N–H and O–H groups in total. The van der Waals surface area contributed by atoms with Gasteiger partial charge >= 0.3 is 12.3 Å². The van der Waals surface area contributed by atoms with Gasteiger partial charge in [-0.25, -0.2) is 9.79 Å². The van der Waals surface area contributed by atoms with Gasteiger partial charge in [0.15, 0.2) is 10.9 Å². The number of rotatable bonds is 7. The number of alkyl halides is 4. The van der Waals surface area contributed by atoms with Gasteiger partial charge in [-0.15, -0.1) is 0 Å². The van der Waals surface area contributed by atoms with Crippen molar-refractivity contribution in [1.29, 1.82) is 0 Å². The lowest BCUT2D eigenvalue weighted by Gasteiger charge is -2.19. The van der Waals surface area contributed by atoms with E-state index in [9.17, 15) is 22.8 Å². The van der Waals surface area contributed by atoms with Crippen molar-refractivity contribution in [3.63, 3.8) is 0 Å². The van der Waals surface area contributed by atoms with Crippen molar-refractivity contribution >= 4 is 51.5 Å². The predicted octanol–water partition coefficient (Wildman–Crippen LogP) is 4.65. The first-order chi connectivity index (χ1) is 15.2. The summed E-state index contributed by atoms with van der Waals surface area (Å²) in [5.41, 5.74) is -1.65. The van der Waals surface area contributed by atoms with Crippen LogP contribution in [0.15, 0.2) is 29.3 Å². The Morgan fingerprint density at radius 2 is 1.73 bits per heavy atom. The molecule has 0 heterocycles. The molecule has 0 saturated carbocycles. The third-order valence-corrected chi connectivity index (χ3v) is 4.12. The standard InChI is InChI=1S/C12H24N4O2S.C9H6BrF3O/c1-12(2,3)18-11(17)14-8-6-7-13-10(19)15-9-16(4)5;10-5-8(14)6-3-1-2-4-7(6)9(11,12)13/h9H,6-8H2,1-5H3,(H,13,19)(H,14,17);1-4H,5H2. The molecule has 0 aromatic heterocycles. The molecule has 0 unspecified atom stereocenters. The molecule has 12 heteroatoms. The lowest BCUT2D eigenvalue weighted by Crippen LogP contribution is -2.34. The van der Waals surface area contributed by atoms with Crippen LogP contribution in [0.4, 0.5) is 18.0 Å². The van der Waals surface area contributed by atoms with Crippen LogP contribution in [0, 0.1) is 0 Å². The number of carbonyl (C=O) groups excluding carboxylic acids is 2. The number of carbonyl (C=O) groups is 2. The normalized spacial score (nSPS) is 11.3. The van der Waals surface area contributed by atoms with Crippen LogP contribution in [0.1, 0.15) is 43.1 Å². The van der Waals surface area contributed by atoms with Crippen LogP contribution < -0.4 is 10.6 Å². The summed E-state index contributed by atoms with van der Waals surface area (Å²) in [5, 5.41) is 5.97. The number of ketones is 1. The fourth-order valence-electron chi connectivity index (χ4n) is 2.05. The van der Waals surface area contributed by atoms with E-state index in [2.05, 4.69) is 31.6 Å². The molecular weight excluding hydrogens is 525 g/mol. The molecule has 0 saturated heterocycles. The third kappa shape index (κ3) is 15.3. The smallest absolute Gasteiger partial charge is 0.417 e. The van der Waals surface area contributed by atoms with E-state index in [4.69, 9.17) is 17.0 Å². The van der Waals surface area contributed by atoms with Crippen molar-refractivity contribution in [3.8, 4) is 0 Å². The Morgan fingerprint density at radius 3 is 2.24 bits per heavy atom. The van der Waals surface area contributed by atoms with Gasteiger partial charge in [0.25, 0.3) is 0 Å². The van der Waals surface area contributed by atoms with Gasteiger partial charge in [-0.05, 0) is 45.5 Å². The average Bonchev–Trinajstić information content (AvgIpc) is 2.70. The molecule has 1 aromatic rings. The molecule has 0 radical (unpaired) electrons. The number of ether oxygens (including phenoxy) is 1. The molecular formula is C21H30BrF3N4O3S. The first-order valence-corrected chi connectivity index (χ1v) is 11.4. The summed E-state index contributed by atoms with van der Waals surface area (Å²) < 4.78 is 42.2. The number of nitrogens with zero attached hydrogens (tertiary/aromatic N) is 2. The molecule has 1 rings (SSSR count). The molecule has 0 atom stereocenters. The van der Waals surface area contributed by atoms with Crippen molar-refractivity contribution in [2.45, 2.75) is 39.0 Å². The van der Waals surface area contributed by atoms with Crippen molar-refractivity contribution in [1.82, 2.24) is 15.5 Å². The molecule has 0 fully saturated rings.